The molecule has 2 heterocycles. The summed E-state index contributed by atoms with van der Waals surface area (Å²) in [6, 6.07) is 9.25. The first-order valence-corrected chi connectivity index (χ1v) is 10.2. The molecule has 1 fully saturated rings. The zero-order chi connectivity index (χ0) is 22.4. The first kappa shape index (κ1) is 22.5. The number of anilines is 2. The lowest BCUT2D eigenvalue weighted by atomic mass is 10.1. The summed E-state index contributed by atoms with van der Waals surface area (Å²) in [5.74, 6) is 0.717. The maximum atomic E-state index is 12.6. The Bertz CT molecular complexity index is 875. The molecule has 1 aromatic heterocycles. The van der Waals surface area contributed by atoms with Crippen molar-refractivity contribution in [3.05, 3.63) is 48.3 Å². The highest BCUT2D eigenvalue weighted by molar-refractivity contribution is 5.94. The fraction of sp³-hybridized carbons (Fsp3) is 0.455. The van der Waals surface area contributed by atoms with E-state index in [-0.39, 0.29) is 12.0 Å². The lowest BCUT2D eigenvalue weighted by Crippen LogP contribution is -2.50. The van der Waals surface area contributed by atoms with Crippen molar-refractivity contribution in [1.29, 1.82) is 0 Å². The average molecular weight is 428 g/mol. The molecule has 2 amide bonds. The molecule has 1 aliphatic rings. The van der Waals surface area contributed by atoms with Gasteiger partial charge in [0.1, 0.15) is 11.4 Å². The first-order chi connectivity index (χ1) is 14.8. The SMILES string of the molecule is CO[C@H](C(=O)Nc1cnc(N2CCN(C(=O)OC(C)(C)C)CC2)cn1)c1ccccc1. The van der Waals surface area contributed by atoms with Gasteiger partial charge in [-0.2, -0.15) is 0 Å². The number of hydrogen-bond donors (Lipinski definition) is 1. The van der Waals surface area contributed by atoms with Gasteiger partial charge < -0.3 is 24.6 Å². The molecule has 9 heteroatoms. The number of methoxy groups -OCH3 is 1. The molecule has 0 aliphatic carbocycles. The molecule has 0 saturated carbocycles. The van der Waals surface area contributed by atoms with E-state index in [1.807, 2.05) is 56.0 Å². The van der Waals surface area contributed by atoms with Crippen molar-refractivity contribution in [2.75, 3.05) is 43.5 Å². The number of benzene rings is 1. The summed E-state index contributed by atoms with van der Waals surface area (Å²) in [7, 11) is 1.49. The van der Waals surface area contributed by atoms with Crippen LogP contribution in [0, 0.1) is 0 Å². The predicted molar refractivity (Wildman–Crippen MR) is 117 cm³/mol. The number of nitrogens with one attached hydrogen (secondary N) is 1. The predicted octanol–water partition coefficient (Wildman–Crippen LogP) is 2.86. The van der Waals surface area contributed by atoms with Gasteiger partial charge in [-0.3, -0.25) is 4.79 Å². The lowest BCUT2D eigenvalue weighted by molar-refractivity contribution is -0.126. The minimum atomic E-state index is -0.733. The number of nitrogens with zero attached hydrogens (tertiary/aromatic N) is 4. The van der Waals surface area contributed by atoms with Crippen molar-refractivity contribution in [3.8, 4) is 0 Å². The Morgan fingerprint density at radius 1 is 1.03 bits per heavy atom. The molecule has 1 aliphatic heterocycles. The van der Waals surface area contributed by atoms with Crippen LogP contribution in [-0.2, 0) is 14.3 Å². The van der Waals surface area contributed by atoms with E-state index < -0.39 is 11.7 Å². The monoisotopic (exact) mass is 427 g/mol. The molecule has 31 heavy (non-hydrogen) atoms. The Hall–Kier alpha value is -3.20. The maximum Gasteiger partial charge on any atom is 0.410 e. The van der Waals surface area contributed by atoms with Gasteiger partial charge in [0.05, 0.1) is 12.4 Å². The second kappa shape index (κ2) is 9.74. The van der Waals surface area contributed by atoms with Crippen LogP contribution in [0.25, 0.3) is 0 Å². The van der Waals surface area contributed by atoms with Gasteiger partial charge in [0.25, 0.3) is 5.91 Å². The fourth-order valence-corrected chi connectivity index (χ4v) is 3.21. The van der Waals surface area contributed by atoms with Gasteiger partial charge in [0.15, 0.2) is 11.9 Å². The van der Waals surface area contributed by atoms with E-state index in [9.17, 15) is 9.59 Å². The zero-order valence-electron chi connectivity index (χ0n) is 18.4. The Labute approximate surface area is 182 Å². The van der Waals surface area contributed by atoms with Gasteiger partial charge in [-0.1, -0.05) is 30.3 Å². The quantitative estimate of drug-likeness (QED) is 0.784. The summed E-state index contributed by atoms with van der Waals surface area (Å²) in [6.45, 7) is 7.89. The number of amides is 2. The molecular weight excluding hydrogens is 398 g/mol. The standard InChI is InChI=1S/C22H29N5O4/c1-22(2,3)31-21(29)27-12-10-26(11-13-27)18-15-23-17(14-24-18)25-20(28)19(30-4)16-8-6-5-7-9-16/h5-9,14-15,19H,10-13H2,1-4H3,(H,23,25,28)/t19-/m0/s1. The number of carbonyl (C=O) groups excluding carboxylic acids is 2. The summed E-state index contributed by atoms with van der Waals surface area (Å²) in [5, 5.41) is 2.74. The smallest absolute Gasteiger partial charge is 0.410 e. The third-order valence-electron chi connectivity index (χ3n) is 4.72. The zero-order valence-corrected chi connectivity index (χ0v) is 18.4. The topological polar surface area (TPSA) is 96.9 Å². The molecule has 0 bridgehead atoms. The number of aromatic nitrogens is 2. The van der Waals surface area contributed by atoms with Gasteiger partial charge in [0.2, 0.25) is 0 Å². The number of hydrogen-bond acceptors (Lipinski definition) is 7. The van der Waals surface area contributed by atoms with Gasteiger partial charge in [-0.05, 0) is 26.3 Å². The second-order valence-corrected chi connectivity index (χ2v) is 8.23. The third-order valence-corrected chi connectivity index (χ3v) is 4.72. The van der Waals surface area contributed by atoms with Crippen LogP contribution in [0.15, 0.2) is 42.7 Å². The molecule has 0 unspecified atom stereocenters. The number of ether oxygens (including phenoxy) is 2. The molecule has 9 nitrogen and oxygen atoms in total. The molecule has 166 valence electrons. The Morgan fingerprint density at radius 2 is 1.71 bits per heavy atom. The van der Waals surface area contributed by atoms with Crippen LogP contribution in [0.3, 0.4) is 0 Å². The molecule has 3 rings (SSSR count). The fourth-order valence-electron chi connectivity index (χ4n) is 3.21. The van der Waals surface area contributed by atoms with E-state index >= 15 is 0 Å². The summed E-state index contributed by atoms with van der Waals surface area (Å²) >= 11 is 0. The van der Waals surface area contributed by atoms with E-state index in [1.165, 1.54) is 13.3 Å². The highest BCUT2D eigenvalue weighted by Gasteiger charge is 2.26. The van der Waals surface area contributed by atoms with E-state index in [2.05, 4.69) is 15.3 Å². The summed E-state index contributed by atoms with van der Waals surface area (Å²) in [6.07, 6.45) is 2.10. The van der Waals surface area contributed by atoms with Crippen LogP contribution < -0.4 is 10.2 Å². The van der Waals surface area contributed by atoms with Crippen molar-refractivity contribution in [1.82, 2.24) is 14.9 Å². The van der Waals surface area contributed by atoms with E-state index in [1.54, 1.807) is 11.1 Å². The highest BCUT2D eigenvalue weighted by atomic mass is 16.6. The van der Waals surface area contributed by atoms with Crippen molar-refractivity contribution < 1.29 is 19.1 Å². The minimum Gasteiger partial charge on any atom is -0.444 e. The first-order valence-electron chi connectivity index (χ1n) is 10.2. The van der Waals surface area contributed by atoms with Gasteiger partial charge >= 0.3 is 6.09 Å². The second-order valence-electron chi connectivity index (χ2n) is 8.23. The molecule has 1 atom stereocenters. The molecular formula is C22H29N5O4. The van der Waals surface area contributed by atoms with E-state index in [0.717, 1.165) is 5.56 Å². The number of rotatable bonds is 5. The third kappa shape index (κ3) is 6.14. The van der Waals surface area contributed by atoms with E-state index in [4.69, 9.17) is 9.47 Å². The van der Waals surface area contributed by atoms with Crippen LogP contribution in [0.5, 0.6) is 0 Å². The Morgan fingerprint density at radius 3 is 2.26 bits per heavy atom. The maximum absolute atomic E-state index is 12.6. The number of piperazine rings is 1. The number of carbonyl (C=O) groups is 2. The molecule has 0 radical (unpaired) electrons. The summed E-state index contributed by atoms with van der Waals surface area (Å²) in [4.78, 5) is 37.2. The highest BCUT2D eigenvalue weighted by Crippen LogP contribution is 2.20. The van der Waals surface area contributed by atoms with Crippen molar-refractivity contribution >= 4 is 23.6 Å². The summed E-state index contributed by atoms with van der Waals surface area (Å²) < 4.78 is 10.8. The van der Waals surface area contributed by atoms with Crippen LogP contribution in [-0.4, -0.2) is 65.8 Å². The normalized spacial score (nSPS) is 15.4. The Kier molecular flexibility index (Phi) is 7.06. The van der Waals surface area contributed by atoms with Crippen molar-refractivity contribution in [2.45, 2.75) is 32.5 Å². The largest absolute Gasteiger partial charge is 0.444 e. The van der Waals surface area contributed by atoms with Crippen LogP contribution in [0.1, 0.15) is 32.4 Å². The van der Waals surface area contributed by atoms with Gasteiger partial charge in [-0.25, -0.2) is 14.8 Å². The molecule has 2 aromatic rings. The van der Waals surface area contributed by atoms with Gasteiger partial charge in [-0.15, -0.1) is 0 Å². The average Bonchev–Trinajstić information content (AvgIpc) is 2.74. The molecule has 1 aromatic carbocycles. The lowest BCUT2D eigenvalue weighted by Gasteiger charge is -2.36. The van der Waals surface area contributed by atoms with Crippen LogP contribution in [0.2, 0.25) is 0 Å². The van der Waals surface area contributed by atoms with Gasteiger partial charge in [0, 0.05) is 33.3 Å². The van der Waals surface area contributed by atoms with E-state index in [0.29, 0.717) is 37.8 Å². The van der Waals surface area contributed by atoms with Crippen LogP contribution >= 0.6 is 0 Å². The van der Waals surface area contributed by atoms with Crippen molar-refractivity contribution in [2.24, 2.45) is 0 Å². The molecule has 1 N–H and O–H groups in total. The molecule has 0 spiro atoms. The minimum absolute atomic E-state index is 0.303. The summed E-state index contributed by atoms with van der Waals surface area (Å²) in [5.41, 5.74) is 0.248. The Balaban J connectivity index is 1.55. The van der Waals surface area contributed by atoms with Crippen LogP contribution in [0.4, 0.5) is 16.4 Å². The molecule has 1 saturated heterocycles. The van der Waals surface area contributed by atoms with Crippen molar-refractivity contribution in [3.63, 3.8) is 0 Å².